The highest BCUT2D eigenvalue weighted by molar-refractivity contribution is 5.92. The predicted molar refractivity (Wildman–Crippen MR) is 126 cm³/mol. The molecule has 3 rings (SSSR count). The highest BCUT2D eigenvalue weighted by Crippen LogP contribution is 2.24. The number of unbranched alkanes of at least 4 members (excludes halogenated alkanes) is 6. The van der Waals surface area contributed by atoms with Gasteiger partial charge in [-0.2, -0.15) is 0 Å². The van der Waals surface area contributed by atoms with Gasteiger partial charge in [0.05, 0.1) is 0 Å². The van der Waals surface area contributed by atoms with Crippen molar-refractivity contribution in [3.8, 4) is 0 Å². The van der Waals surface area contributed by atoms with E-state index in [1.54, 1.807) is 0 Å². The van der Waals surface area contributed by atoms with E-state index < -0.39 is 0 Å². The van der Waals surface area contributed by atoms with Crippen molar-refractivity contribution in [2.75, 3.05) is 0 Å². The number of rotatable bonds is 12. The van der Waals surface area contributed by atoms with Crippen LogP contribution in [0.5, 0.6) is 0 Å². The Hall–Kier alpha value is -2.35. The average molecular weight is 390 g/mol. The Morgan fingerprint density at radius 3 is 2.28 bits per heavy atom. The number of hydrogen-bond acceptors (Lipinski definition) is 0. The molecular formula is C27H37N2+. The van der Waals surface area contributed by atoms with Gasteiger partial charge in [0.15, 0.2) is 12.4 Å². The summed E-state index contributed by atoms with van der Waals surface area (Å²) in [7, 11) is 0. The van der Waals surface area contributed by atoms with Crippen molar-refractivity contribution in [1.29, 1.82) is 0 Å². The van der Waals surface area contributed by atoms with Crippen molar-refractivity contribution in [2.24, 2.45) is 0 Å². The van der Waals surface area contributed by atoms with Gasteiger partial charge in [-0.25, -0.2) is 4.57 Å². The summed E-state index contributed by atoms with van der Waals surface area (Å²) in [5.41, 5.74) is 3.92. The van der Waals surface area contributed by atoms with Gasteiger partial charge in [-0.05, 0) is 30.0 Å². The fraction of sp³-hybridized carbons (Fsp3) is 0.444. The lowest BCUT2D eigenvalue weighted by molar-refractivity contribution is -0.697. The zero-order valence-electron chi connectivity index (χ0n) is 18.3. The second kappa shape index (κ2) is 11.6. The number of aromatic nitrogens is 2. The molecule has 1 aromatic carbocycles. The van der Waals surface area contributed by atoms with Crippen molar-refractivity contribution in [3.05, 3.63) is 66.1 Å². The molecule has 2 aromatic heterocycles. The second-order valence-corrected chi connectivity index (χ2v) is 8.12. The summed E-state index contributed by atoms with van der Waals surface area (Å²) >= 11 is 0. The third-order valence-corrected chi connectivity index (χ3v) is 5.71. The normalized spacial score (nSPS) is 11.7. The van der Waals surface area contributed by atoms with Gasteiger partial charge in [-0.3, -0.25) is 0 Å². The maximum Gasteiger partial charge on any atom is 0.169 e. The average Bonchev–Trinajstić information content (AvgIpc) is 3.11. The smallest absolute Gasteiger partial charge is 0.169 e. The van der Waals surface area contributed by atoms with Gasteiger partial charge in [-0.1, -0.05) is 76.3 Å². The van der Waals surface area contributed by atoms with E-state index in [9.17, 15) is 0 Å². The fourth-order valence-corrected chi connectivity index (χ4v) is 3.94. The predicted octanol–water partition coefficient (Wildman–Crippen LogP) is 7.26. The summed E-state index contributed by atoms with van der Waals surface area (Å²) in [6.45, 7) is 6.76. The number of benzene rings is 1. The largest absolute Gasteiger partial charge is 0.347 e. The van der Waals surface area contributed by atoms with Crippen LogP contribution in [0.15, 0.2) is 55.0 Å². The highest BCUT2D eigenvalue weighted by Gasteiger charge is 2.06. The SMILES string of the molecule is CCCCCCn1cc(/C=C/c2cc[n+](CCCCCC)cc2)c2ccccc21. The monoisotopic (exact) mass is 389 g/mol. The molecule has 0 aliphatic rings. The molecule has 0 aliphatic heterocycles. The van der Waals surface area contributed by atoms with Crippen LogP contribution in [0.3, 0.4) is 0 Å². The number of nitrogens with zero attached hydrogens (tertiary/aromatic N) is 2. The number of pyridine rings is 1. The van der Waals surface area contributed by atoms with E-state index in [1.807, 2.05) is 0 Å². The highest BCUT2D eigenvalue weighted by atomic mass is 15.0. The third-order valence-electron chi connectivity index (χ3n) is 5.71. The molecule has 0 fully saturated rings. The van der Waals surface area contributed by atoms with Crippen LogP contribution in [-0.4, -0.2) is 4.57 Å². The molecule has 0 radical (unpaired) electrons. The van der Waals surface area contributed by atoms with E-state index in [-0.39, 0.29) is 0 Å². The van der Waals surface area contributed by atoms with Gasteiger partial charge in [-0.15, -0.1) is 0 Å². The van der Waals surface area contributed by atoms with Crippen LogP contribution in [0, 0.1) is 0 Å². The summed E-state index contributed by atoms with van der Waals surface area (Å²) in [6, 6.07) is 13.2. The van der Waals surface area contributed by atoms with Gasteiger partial charge in [0.25, 0.3) is 0 Å². The first-order chi connectivity index (χ1) is 14.3. The van der Waals surface area contributed by atoms with E-state index in [1.165, 1.54) is 73.4 Å². The number of hydrogen-bond donors (Lipinski definition) is 0. The van der Waals surface area contributed by atoms with Gasteiger partial charge >= 0.3 is 0 Å². The van der Waals surface area contributed by atoms with E-state index in [4.69, 9.17) is 0 Å². The van der Waals surface area contributed by atoms with Crippen LogP contribution in [0.2, 0.25) is 0 Å². The Bertz CT molecular complexity index is 887. The van der Waals surface area contributed by atoms with Gasteiger partial charge in [0.1, 0.15) is 6.54 Å². The molecule has 2 heteroatoms. The molecule has 29 heavy (non-hydrogen) atoms. The van der Waals surface area contributed by atoms with Crippen molar-refractivity contribution in [1.82, 2.24) is 4.57 Å². The maximum absolute atomic E-state index is 2.43. The van der Waals surface area contributed by atoms with Crippen molar-refractivity contribution >= 4 is 23.1 Å². The summed E-state index contributed by atoms with van der Waals surface area (Å²) < 4.78 is 4.73. The lowest BCUT2D eigenvalue weighted by Gasteiger charge is -2.04. The first kappa shape index (κ1) is 21.4. The topological polar surface area (TPSA) is 8.81 Å². The quantitative estimate of drug-likeness (QED) is 0.228. The Morgan fingerprint density at radius 2 is 1.52 bits per heavy atom. The van der Waals surface area contributed by atoms with Crippen LogP contribution >= 0.6 is 0 Å². The number of para-hydroxylation sites is 1. The van der Waals surface area contributed by atoms with Crippen LogP contribution in [-0.2, 0) is 13.1 Å². The number of fused-ring (bicyclic) bond motifs is 1. The molecular weight excluding hydrogens is 352 g/mol. The number of aryl methyl sites for hydroxylation is 2. The Kier molecular flexibility index (Phi) is 8.55. The van der Waals surface area contributed by atoms with Crippen molar-refractivity contribution in [2.45, 2.75) is 78.3 Å². The van der Waals surface area contributed by atoms with Gasteiger partial charge in [0, 0.05) is 42.2 Å². The standard InChI is InChI=1S/C27H37N2/c1-3-5-7-11-19-28-21-17-24(18-22-28)15-16-25-23-29(20-12-8-6-4-2)27-14-10-9-13-26(25)27/h9-10,13-18,21-23H,3-8,11-12,19-20H2,1-2H3/q+1. The minimum atomic E-state index is 1.11. The minimum absolute atomic E-state index is 1.11. The summed E-state index contributed by atoms with van der Waals surface area (Å²) in [5, 5.41) is 1.35. The lowest BCUT2D eigenvalue weighted by Crippen LogP contribution is -2.32. The third kappa shape index (κ3) is 6.32. The zero-order chi connectivity index (χ0) is 20.3. The summed E-state index contributed by atoms with van der Waals surface area (Å²) in [5.74, 6) is 0. The molecule has 0 saturated heterocycles. The molecule has 0 N–H and O–H groups in total. The Morgan fingerprint density at radius 1 is 0.793 bits per heavy atom. The van der Waals surface area contributed by atoms with E-state index in [0.717, 1.165) is 13.1 Å². The maximum atomic E-state index is 2.43. The zero-order valence-corrected chi connectivity index (χ0v) is 18.3. The molecule has 2 nitrogen and oxygen atoms in total. The Labute approximate surface area is 176 Å². The van der Waals surface area contributed by atoms with E-state index >= 15 is 0 Å². The molecule has 3 aromatic rings. The van der Waals surface area contributed by atoms with Crippen LogP contribution in [0.25, 0.3) is 23.1 Å². The van der Waals surface area contributed by atoms with E-state index in [0.29, 0.717) is 0 Å². The molecule has 0 aliphatic carbocycles. The second-order valence-electron chi connectivity index (χ2n) is 8.12. The van der Waals surface area contributed by atoms with E-state index in [2.05, 4.69) is 90.1 Å². The van der Waals surface area contributed by atoms with Crippen molar-refractivity contribution < 1.29 is 4.57 Å². The van der Waals surface area contributed by atoms with Gasteiger partial charge < -0.3 is 4.57 Å². The van der Waals surface area contributed by atoms with Crippen LogP contribution in [0.1, 0.15) is 76.3 Å². The lowest BCUT2D eigenvalue weighted by atomic mass is 10.1. The molecule has 0 bridgehead atoms. The Balaban J connectivity index is 1.66. The molecule has 0 unspecified atom stereocenters. The summed E-state index contributed by atoms with van der Waals surface area (Å²) in [4.78, 5) is 0. The molecule has 0 saturated carbocycles. The van der Waals surface area contributed by atoms with Crippen LogP contribution < -0.4 is 4.57 Å². The van der Waals surface area contributed by atoms with Crippen molar-refractivity contribution in [3.63, 3.8) is 0 Å². The molecule has 2 heterocycles. The van der Waals surface area contributed by atoms with Gasteiger partial charge in [0.2, 0.25) is 0 Å². The fourth-order valence-electron chi connectivity index (χ4n) is 3.94. The first-order valence-corrected chi connectivity index (χ1v) is 11.6. The molecule has 154 valence electrons. The molecule has 0 spiro atoms. The molecule has 0 atom stereocenters. The first-order valence-electron chi connectivity index (χ1n) is 11.6. The minimum Gasteiger partial charge on any atom is -0.347 e. The summed E-state index contributed by atoms with van der Waals surface area (Å²) in [6.07, 6.45) is 21.7. The van der Waals surface area contributed by atoms with Crippen LogP contribution in [0.4, 0.5) is 0 Å². The molecule has 0 amide bonds.